The van der Waals surface area contributed by atoms with E-state index in [-0.39, 0.29) is 17.7 Å². The van der Waals surface area contributed by atoms with Gasteiger partial charge in [0.15, 0.2) is 0 Å². The highest BCUT2D eigenvalue weighted by Crippen LogP contribution is 2.48. The highest BCUT2D eigenvalue weighted by atomic mass is 16.4. The van der Waals surface area contributed by atoms with Crippen LogP contribution in [0.25, 0.3) is 0 Å². The second kappa shape index (κ2) is 5.14. The summed E-state index contributed by atoms with van der Waals surface area (Å²) in [5, 5.41) is 12.1. The van der Waals surface area contributed by atoms with Crippen LogP contribution in [0, 0.1) is 29.6 Å². The third-order valence-corrected chi connectivity index (χ3v) is 5.12. The number of nitrogens with one attached hydrogen (secondary N) is 1. The first-order valence-corrected chi connectivity index (χ1v) is 7.65. The fourth-order valence-corrected chi connectivity index (χ4v) is 3.57. The molecule has 4 nitrogen and oxygen atoms in total. The maximum absolute atomic E-state index is 12.1. The molecule has 0 saturated heterocycles. The Bertz CT molecular complexity index is 362. The van der Waals surface area contributed by atoms with Gasteiger partial charge in [0.2, 0.25) is 5.91 Å². The van der Waals surface area contributed by atoms with Gasteiger partial charge in [-0.3, -0.25) is 9.59 Å². The van der Waals surface area contributed by atoms with E-state index < -0.39 is 5.97 Å². The van der Waals surface area contributed by atoms with Gasteiger partial charge in [0.05, 0.1) is 5.92 Å². The molecule has 0 aliphatic heterocycles. The minimum Gasteiger partial charge on any atom is -0.481 e. The third-order valence-electron chi connectivity index (χ3n) is 5.12. The van der Waals surface area contributed by atoms with Crippen LogP contribution >= 0.6 is 0 Å². The fraction of sp³-hybridized carbons (Fsp3) is 0.867. The molecule has 2 atom stereocenters. The van der Waals surface area contributed by atoms with Crippen molar-refractivity contribution in [3.63, 3.8) is 0 Å². The molecule has 3 rings (SSSR count). The summed E-state index contributed by atoms with van der Waals surface area (Å²) in [6.45, 7) is 0.822. The minimum absolute atomic E-state index is 0.0693. The SMILES string of the molecule is O=C(O)[C@H]1CC[C@@H](C(=O)NCC(C2CC2)C2CC2)C1. The van der Waals surface area contributed by atoms with Crippen molar-refractivity contribution in [2.45, 2.75) is 44.9 Å². The van der Waals surface area contributed by atoms with Gasteiger partial charge in [-0.15, -0.1) is 0 Å². The Morgan fingerprint density at radius 3 is 2.05 bits per heavy atom. The molecule has 0 aromatic carbocycles. The normalized spacial score (nSPS) is 30.6. The molecule has 0 aromatic rings. The van der Waals surface area contributed by atoms with Crippen molar-refractivity contribution in [1.82, 2.24) is 5.32 Å². The third kappa shape index (κ3) is 3.10. The molecule has 3 aliphatic rings. The van der Waals surface area contributed by atoms with Gasteiger partial charge in [-0.1, -0.05) is 0 Å². The van der Waals surface area contributed by atoms with Crippen LogP contribution in [0.2, 0.25) is 0 Å². The predicted octanol–water partition coefficient (Wildman–Crippen LogP) is 2.04. The summed E-state index contributed by atoms with van der Waals surface area (Å²) in [5.74, 6) is 1.37. The Morgan fingerprint density at radius 1 is 1.00 bits per heavy atom. The van der Waals surface area contributed by atoms with Gasteiger partial charge >= 0.3 is 5.97 Å². The molecule has 3 saturated carbocycles. The summed E-state index contributed by atoms with van der Waals surface area (Å²) in [4.78, 5) is 23.0. The van der Waals surface area contributed by atoms with E-state index >= 15 is 0 Å². The second-order valence-corrected chi connectivity index (χ2v) is 6.63. The van der Waals surface area contributed by atoms with E-state index in [9.17, 15) is 9.59 Å². The van der Waals surface area contributed by atoms with Crippen molar-refractivity contribution in [3.05, 3.63) is 0 Å². The number of hydrogen-bond acceptors (Lipinski definition) is 2. The van der Waals surface area contributed by atoms with E-state index in [1.807, 2.05) is 0 Å². The Hall–Kier alpha value is -1.06. The first-order chi connectivity index (χ1) is 9.15. The van der Waals surface area contributed by atoms with Crippen molar-refractivity contribution < 1.29 is 14.7 Å². The van der Waals surface area contributed by atoms with E-state index in [1.165, 1.54) is 25.7 Å². The molecule has 0 bridgehead atoms. The smallest absolute Gasteiger partial charge is 0.306 e. The first-order valence-electron chi connectivity index (χ1n) is 7.65. The maximum Gasteiger partial charge on any atom is 0.306 e. The van der Waals surface area contributed by atoms with Crippen LogP contribution in [0.4, 0.5) is 0 Å². The molecular weight excluding hydrogens is 242 g/mol. The summed E-state index contributed by atoms with van der Waals surface area (Å²) in [6.07, 6.45) is 7.26. The number of carboxylic acids is 1. The quantitative estimate of drug-likeness (QED) is 0.772. The van der Waals surface area contributed by atoms with Crippen LogP contribution in [0.15, 0.2) is 0 Å². The first kappa shape index (κ1) is 12.9. The Labute approximate surface area is 113 Å². The monoisotopic (exact) mass is 265 g/mol. The molecule has 4 heteroatoms. The number of carbonyl (C=O) groups excluding carboxylic acids is 1. The van der Waals surface area contributed by atoms with Crippen molar-refractivity contribution in [2.75, 3.05) is 6.54 Å². The summed E-state index contributed by atoms with van der Waals surface area (Å²) < 4.78 is 0. The molecule has 0 heterocycles. The van der Waals surface area contributed by atoms with Crippen LogP contribution in [0.5, 0.6) is 0 Å². The van der Waals surface area contributed by atoms with Crippen molar-refractivity contribution in [2.24, 2.45) is 29.6 Å². The molecule has 0 unspecified atom stereocenters. The lowest BCUT2D eigenvalue weighted by Gasteiger charge is -2.18. The summed E-state index contributed by atoms with van der Waals surface area (Å²) in [5.41, 5.74) is 0. The van der Waals surface area contributed by atoms with E-state index in [1.54, 1.807) is 0 Å². The molecule has 106 valence electrons. The average Bonchev–Trinajstić information content (AvgIpc) is 3.30. The highest BCUT2D eigenvalue weighted by molar-refractivity contribution is 5.80. The number of hydrogen-bond donors (Lipinski definition) is 2. The molecular formula is C15H23NO3. The average molecular weight is 265 g/mol. The predicted molar refractivity (Wildman–Crippen MR) is 70.4 cm³/mol. The number of aliphatic carboxylic acids is 1. The Morgan fingerprint density at radius 2 is 1.58 bits per heavy atom. The van der Waals surface area contributed by atoms with Crippen LogP contribution in [0.1, 0.15) is 44.9 Å². The Balaban J connectivity index is 1.44. The van der Waals surface area contributed by atoms with Crippen molar-refractivity contribution in [1.29, 1.82) is 0 Å². The number of rotatable bonds is 6. The van der Waals surface area contributed by atoms with Gasteiger partial charge in [0.1, 0.15) is 0 Å². The van der Waals surface area contributed by atoms with Crippen LogP contribution in [-0.4, -0.2) is 23.5 Å². The molecule has 0 spiro atoms. The van der Waals surface area contributed by atoms with Gasteiger partial charge < -0.3 is 10.4 Å². The zero-order valence-corrected chi connectivity index (χ0v) is 11.3. The molecule has 3 fully saturated rings. The lowest BCUT2D eigenvalue weighted by atomic mass is 9.97. The van der Waals surface area contributed by atoms with E-state index in [0.717, 1.165) is 24.8 Å². The van der Waals surface area contributed by atoms with Crippen LogP contribution < -0.4 is 5.32 Å². The topological polar surface area (TPSA) is 66.4 Å². The summed E-state index contributed by atoms with van der Waals surface area (Å²) in [6, 6.07) is 0. The summed E-state index contributed by atoms with van der Waals surface area (Å²) >= 11 is 0. The van der Waals surface area contributed by atoms with E-state index in [4.69, 9.17) is 5.11 Å². The van der Waals surface area contributed by atoms with Crippen molar-refractivity contribution >= 4 is 11.9 Å². The van der Waals surface area contributed by atoms with Gasteiger partial charge in [0, 0.05) is 12.5 Å². The number of amides is 1. The molecule has 0 radical (unpaired) electrons. The summed E-state index contributed by atoms with van der Waals surface area (Å²) in [7, 11) is 0. The van der Waals surface area contributed by atoms with E-state index in [0.29, 0.717) is 18.8 Å². The zero-order chi connectivity index (χ0) is 13.4. The minimum atomic E-state index is -0.746. The van der Waals surface area contributed by atoms with Crippen molar-refractivity contribution in [3.8, 4) is 0 Å². The zero-order valence-electron chi connectivity index (χ0n) is 11.3. The lowest BCUT2D eigenvalue weighted by Crippen LogP contribution is -2.35. The maximum atomic E-state index is 12.1. The fourth-order valence-electron chi connectivity index (χ4n) is 3.57. The van der Waals surface area contributed by atoms with Gasteiger partial charge in [-0.05, 0) is 62.7 Å². The van der Waals surface area contributed by atoms with Crippen LogP contribution in [0.3, 0.4) is 0 Å². The standard InChI is InChI=1S/C15H23NO3/c17-14(11-5-6-12(7-11)15(18)19)16-8-13(9-1-2-9)10-3-4-10/h9-13H,1-8H2,(H,16,17)(H,18,19)/t11-,12+/m1/s1. The molecule has 3 aliphatic carbocycles. The van der Waals surface area contributed by atoms with Gasteiger partial charge in [-0.2, -0.15) is 0 Å². The molecule has 0 aromatic heterocycles. The molecule has 19 heavy (non-hydrogen) atoms. The Kier molecular flexibility index (Phi) is 3.50. The number of carbonyl (C=O) groups is 2. The molecule has 2 N–H and O–H groups in total. The largest absolute Gasteiger partial charge is 0.481 e. The highest BCUT2D eigenvalue weighted by Gasteiger charge is 2.42. The van der Waals surface area contributed by atoms with E-state index in [2.05, 4.69) is 5.32 Å². The second-order valence-electron chi connectivity index (χ2n) is 6.63. The van der Waals surface area contributed by atoms with Crippen LogP contribution in [-0.2, 0) is 9.59 Å². The van der Waals surface area contributed by atoms with Gasteiger partial charge in [0.25, 0.3) is 0 Å². The van der Waals surface area contributed by atoms with Gasteiger partial charge in [-0.25, -0.2) is 0 Å². The molecule has 1 amide bonds. The lowest BCUT2D eigenvalue weighted by molar-refractivity contribution is -0.141. The number of carboxylic acid groups (broad SMARTS) is 1.